The first-order chi connectivity index (χ1) is 14.4. The van der Waals surface area contributed by atoms with E-state index in [1.54, 1.807) is 24.3 Å². The summed E-state index contributed by atoms with van der Waals surface area (Å²) in [6.45, 7) is 3.83. The number of imidazole rings is 1. The molecule has 0 bridgehead atoms. The van der Waals surface area contributed by atoms with Crippen molar-refractivity contribution in [2.24, 2.45) is 0 Å². The van der Waals surface area contributed by atoms with Gasteiger partial charge >= 0.3 is 0 Å². The van der Waals surface area contributed by atoms with Crippen molar-refractivity contribution in [3.8, 4) is 0 Å². The molecule has 1 aromatic heterocycles. The Morgan fingerprint density at radius 3 is 2.67 bits per heavy atom. The van der Waals surface area contributed by atoms with Gasteiger partial charge in [0.25, 0.3) is 5.91 Å². The third-order valence-corrected chi connectivity index (χ3v) is 4.80. The summed E-state index contributed by atoms with van der Waals surface area (Å²) in [6, 6.07) is 15.1. The summed E-state index contributed by atoms with van der Waals surface area (Å²) in [5.74, 6) is 0.639. The van der Waals surface area contributed by atoms with Crippen LogP contribution in [0.1, 0.15) is 29.5 Å². The molecule has 0 radical (unpaired) electrons. The number of nitrogens with zero attached hydrogens (tertiary/aromatic N) is 3. The number of para-hydroxylation sites is 2. The number of carbonyl (C=O) groups is 2. The highest BCUT2D eigenvalue weighted by Crippen LogP contribution is 2.17. The Balaban J connectivity index is 1.65. The minimum atomic E-state index is -0.169. The van der Waals surface area contributed by atoms with Gasteiger partial charge in [-0.05, 0) is 57.4 Å². The summed E-state index contributed by atoms with van der Waals surface area (Å²) < 4.78 is 2.25. The Kier molecular flexibility index (Phi) is 7.19. The van der Waals surface area contributed by atoms with Crippen molar-refractivity contribution in [3.63, 3.8) is 0 Å². The van der Waals surface area contributed by atoms with Crippen molar-refractivity contribution in [2.45, 2.75) is 26.3 Å². The topological polar surface area (TPSA) is 79.3 Å². The highest BCUT2D eigenvalue weighted by Gasteiger charge is 2.12. The monoisotopic (exact) mass is 407 g/mol. The number of hydrogen-bond donors (Lipinski definition) is 2. The van der Waals surface area contributed by atoms with Gasteiger partial charge in [-0.1, -0.05) is 18.2 Å². The number of carbonyl (C=O) groups excluding carboxylic acids is 2. The van der Waals surface area contributed by atoms with Crippen LogP contribution in [0.5, 0.6) is 0 Å². The smallest absolute Gasteiger partial charge is 0.251 e. The molecule has 0 fully saturated rings. The summed E-state index contributed by atoms with van der Waals surface area (Å²) in [4.78, 5) is 30.7. The zero-order valence-electron chi connectivity index (χ0n) is 17.8. The fourth-order valence-corrected chi connectivity index (χ4v) is 3.44. The Bertz CT molecular complexity index is 1030. The Morgan fingerprint density at radius 1 is 1.10 bits per heavy atom. The predicted molar refractivity (Wildman–Crippen MR) is 120 cm³/mol. The summed E-state index contributed by atoms with van der Waals surface area (Å²) in [5.41, 5.74) is 3.23. The molecule has 2 aromatic carbocycles. The van der Waals surface area contributed by atoms with E-state index in [2.05, 4.69) is 40.3 Å². The molecule has 0 atom stereocenters. The van der Waals surface area contributed by atoms with Crippen LogP contribution in [0.15, 0.2) is 48.5 Å². The fourth-order valence-electron chi connectivity index (χ4n) is 3.44. The number of nitrogens with one attached hydrogen (secondary N) is 2. The van der Waals surface area contributed by atoms with E-state index in [0.717, 1.165) is 36.4 Å². The van der Waals surface area contributed by atoms with Gasteiger partial charge in [0.05, 0.1) is 11.0 Å². The lowest BCUT2D eigenvalue weighted by atomic mass is 10.2. The minimum absolute atomic E-state index is 0.166. The average molecular weight is 408 g/mol. The van der Waals surface area contributed by atoms with Gasteiger partial charge in [-0.2, -0.15) is 0 Å². The van der Waals surface area contributed by atoms with Gasteiger partial charge in [0, 0.05) is 37.7 Å². The van der Waals surface area contributed by atoms with E-state index in [-0.39, 0.29) is 11.8 Å². The number of amides is 2. The minimum Gasteiger partial charge on any atom is -0.352 e. The first-order valence-corrected chi connectivity index (χ1v) is 10.2. The zero-order chi connectivity index (χ0) is 21.5. The lowest BCUT2D eigenvalue weighted by Gasteiger charge is -2.13. The van der Waals surface area contributed by atoms with Gasteiger partial charge in [-0.25, -0.2) is 4.98 Å². The molecule has 7 nitrogen and oxygen atoms in total. The molecule has 30 heavy (non-hydrogen) atoms. The molecule has 158 valence electrons. The van der Waals surface area contributed by atoms with Crippen LogP contribution >= 0.6 is 0 Å². The maximum absolute atomic E-state index is 12.5. The Labute approximate surface area is 177 Å². The quantitative estimate of drug-likeness (QED) is 0.572. The molecular formula is C23H29N5O2. The molecule has 0 aliphatic carbocycles. The van der Waals surface area contributed by atoms with Gasteiger partial charge in [0.2, 0.25) is 5.91 Å². The molecule has 7 heteroatoms. The third-order valence-electron chi connectivity index (χ3n) is 4.80. The van der Waals surface area contributed by atoms with Gasteiger partial charge in [-0.15, -0.1) is 0 Å². The summed E-state index contributed by atoms with van der Waals surface area (Å²) >= 11 is 0. The van der Waals surface area contributed by atoms with Crippen molar-refractivity contribution in [3.05, 3.63) is 59.9 Å². The van der Waals surface area contributed by atoms with E-state index in [1.165, 1.54) is 6.92 Å². The zero-order valence-corrected chi connectivity index (χ0v) is 17.8. The maximum atomic E-state index is 12.5. The normalized spacial score (nSPS) is 11.1. The average Bonchev–Trinajstić information content (AvgIpc) is 3.05. The highest BCUT2D eigenvalue weighted by atomic mass is 16.2. The standard InChI is InChI=1S/C23H29N5O2/c1-17(29)25-19-9-6-8-18(16-19)23(30)24-13-12-22-26-20-10-4-5-11-21(20)28(22)15-7-14-27(2)3/h4-6,8-11,16H,7,12-15H2,1-3H3,(H,24,30)(H,25,29). The number of fused-ring (bicyclic) bond motifs is 1. The second-order valence-corrected chi connectivity index (χ2v) is 7.59. The number of anilines is 1. The Hall–Kier alpha value is -3.19. The molecule has 0 aliphatic rings. The molecule has 1 heterocycles. The van der Waals surface area contributed by atoms with Crippen molar-refractivity contribution in [1.82, 2.24) is 19.8 Å². The predicted octanol–water partition coefficient (Wildman–Crippen LogP) is 2.92. The molecule has 0 unspecified atom stereocenters. The van der Waals surface area contributed by atoms with Crippen LogP contribution in [0.25, 0.3) is 11.0 Å². The van der Waals surface area contributed by atoms with E-state index in [1.807, 2.05) is 18.2 Å². The maximum Gasteiger partial charge on any atom is 0.251 e. The number of benzene rings is 2. The van der Waals surface area contributed by atoms with Gasteiger partial charge in [0.15, 0.2) is 0 Å². The largest absolute Gasteiger partial charge is 0.352 e. The molecule has 0 aliphatic heterocycles. The molecule has 2 amide bonds. The summed E-state index contributed by atoms with van der Waals surface area (Å²) in [6.07, 6.45) is 1.68. The molecular weight excluding hydrogens is 378 g/mol. The van der Waals surface area contributed by atoms with Crippen LogP contribution < -0.4 is 10.6 Å². The van der Waals surface area contributed by atoms with E-state index >= 15 is 0 Å². The van der Waals surface area contributed by atoms with Crippen molar-refractivity contribution in [2.75, 3.05) is 32.5 Å². The van der Waals surface area contributed by atoms with Gasteiger partial charge in [0.1, 0.15) is 5.82 Å². The molecule has 3 rings (SSSR count). The SMILES string of the molecule is CC(=O)Nc1cccc(C(=O)NCCc2nc3ccccc3n2CCCN(C)C)c1. The second kappa shape index (κ2) is 10.0. The van der Waals surface area contributed by atoms with Crippen LogP contribution in [0.4, 0.5) is 5.69 Å². The molecule has 2 N–H and O–H groups in total. The number of aromatic nitrogens is 2. The summed E-state index contributed by atoms with van der Waals surface area (Å²) in [7, 11) is 4.15. The number of rotatable bonds is 9. The highest BCUT2D eigenvalue weighted by molar-refractivity contribution is 5.96. The Morgan fingerprint density at radius 2 is 1.90 bits per heavy atom. The molecule has 0 spiro atoms. The van der Waals surface area contributed by atoms with Crippen molar-refractivity contribution >= 4 is 28.5 Å². The second-order valence-electron chi connectivity index (χ2n) is 7.59. The first-order valence-electron chi connectivity index (χ1n) is 10.2. The lowest BCUT2D eigenvalue weighted by molar-refractivity contribution is -0.114. The van der Waals surface area contributed by atoms with Crippen molar-refractivity contribution < 1.29 is 9.59 Å². The van der Waals surface area contributed by atoms with Gasteiger partial charge in [-0.3, -0.25) is 9.59 Å². The lowest BCUT2D eigenvalue weighted by Crippen LogP contribution is -2.26. The van der Waals surface area contributed by atoms with Crippen LogP contribution in [-0.2, 0) is 17.8 Å². The van der Waals surface area contributed by atoms with E-state index in [0.29, 0.717) is 24.2 Å². The van der Waals surface area contributed by atoms with Gasteiger partial charge < -0.3 is 20.1 Å². The molecule has 0 saturated carbocycles. The van der Waals surface area contributed by atoms with E-state index in [9.17, 15) is 9.59 Å². The van der Waals surface area contributed by atoms with Crippen molar-refractivity contribution in [1.29, 1.82) is 0 Å². The van der Waals surface area contributed by atoms with E-state index in [4.69, 9.17) is 4.98 Å². The number of hydrogen-bond acceptors (Lipinski definition) is 4. The first kappa shape index (κ1) is 21.5. The van der Waals surface area contributed by atoms with Crippen LogP contribution in [0, 0.1) is 0 Å². The van der Waals surface area contributed by atoms with Crippen LogP contribution in [0.2, 0.25) is 0 Å². The fraction of sp³-hybridized carbons (Fsp3) is 0.348. The van der Waals surface area contributed by atoms with Crippen LogP contribution in [0.3, 0.4) is 0 Å². The van der Waals surface area contributed by atoms with Crippen LogP contribution in [-0.4, -0.2) is 53.5 Å². The number of aryl methyl sites for hydroxylation is 1. The van der Waals surface area contributed by atoms with E-state index < -0.39 is 0 Å². The molecule has 0 saturated heterocycles. The third kappa shape index (κ3) is 5.67. The summed E-state index contributed by atoms with van der Waals surface area (Å²) in [5, 5.41) is 5.66. The molecule has 3 aromatic rings.